The molecule has 0 aromatic heterocycles. The van der Waals surface area contributed by atoms with Crippen LogP contribution in [0.4, 0.5) is 4.79 Å². The molecule has 1 amide bonds. The van der Waals surface area contributed by atoms with Crippen molar-refractivity contribution >= 4 is 6.09 Å². The predicted molar refractivity (Wildman–Crippen MR) is 86.2 cm³/mol. The minimum Gasteiger partial charge on any atom is -0.444 e. The Hall–Kier alpha value is -0.810. The van der Waals surface area contributed by atoms with Crippen LogP contribution in [0.3, 0.4) is 0 Å². The molecule has 3 atom stereocenters. The van der Waals surface area contributed by atoms with E-state index in [0.29, 0.717) is 24.4 Å². The average molecular weight is 299 g/mol. The lowest BCUT2D eigenvalue weighted by Gasteiger charge is -2.27. The number of ether oxygens (including phenoxy) is 1. The highest BCUT2D eigenvalue weighted by Crippen LogP contribution is 2.20. The molecule has 124 valence electrons. The quantitative estimate of drug-likeness (QED) is 0.703. The molecular formula is C16H33N3O2. The maximum absolute atomic E-state index is 11.9. The van der Waals surface area contributed by atoms with Gasteiger partial charge in [0, 0.05) is 12.1 Å². The first-order valence-corrected chi connectivity index (χ1v) is 8.16. The molecule has 0 aromatic carbocycles. The summed E-state index contributed by atoms with van der Waals surface area (Å²) >= 11 is 0. The van der Waals surface area contributed by atoms with Crippen LogP contribution in [-0.4, -0.2) is 36.9 Å². The van der Waals surface area contributed by atoms with Crippen LogP contribution in [0.1, 0.15) is 53.9 Å². The van der Waals surface area contributed by atoms with Crippen LogP contribution in [-0.2, 0) is 4.74 Å². The minimum atomic E-state index is -0.450. The van der Waals surface area contributed by atoms with Crippen LogP contribution < -0.4 is 16.4 Å². The third-order valence-electron chi connectivity index (χ3n) is 4.11. The van der Waals surface area contributed by atoms with Gasteiger partial charge in [-0.2, -0.15) is 0 Å². The van der Waals surface area contributed by atoms with Gasteiger partial charge in [-0.15, -0.1) is 0 Å². The van der Waals surface area contributed by atoms with Crippen LogP contribution >= 0.6 is 0 Å². The molecule has 1 fully saturated rings. The van der Waals surface area contributed by atoms with Crippen molar-refractivity contribution in [2.45, 2.75) is 71.6 Å². The molecule has 0 aromatic rings. The lowest BCUT2D eigenvalue weighted by molar-refractivity contribution is 0.0497. The summed E-state index contributed by atoms with van der Waals surface area (Å²) in [6.45, 7) is 11.6. The smallest absolute Gasteiger partial charge is 0.407 e. The van der Waals surface area contributed by atoms with Gasteiger partial charge in [-0.05, 0) is 65.0 Å². The van der Waals surface area contributed by atoms with Gasteiger partial charge in [0.25, 0.3) is 0 Å². The van der Waals surface area contributed by atoms with Crippen LogP contribution in [0.5, 0.6) is 0 Å². The van der Waals surface area contributed by atoms with Crippen LogP contribution in [0.2, 0.25) is 0 Å². The van der Waals surface area contributed by atoms with E-state index in [-0.39, 0.29) is 12.1 Å². The van der Waals surface area contributed by atoms with E-state index in [2.05, 4.69) is 24.5 Å². The summed E-state index contributed by atoms with van der Waals surface area (Å²) < 4.78 is 5.34. The monoisotopic (exact) mass is 299 g/mol. The molecular weight excluding hydrogens is 266 g/mol. The molecule has 1 saturated carbocycles. The third-order valence-corrected chi connectivity index (χ3v) is 4.11. The van der Waals surface area contributed by atoms with Gasteiger partial charge in [0.15, 0.2) is 0 Å². The number of alkyl carbamates (subject to hydrolysis) is 1. The molecule has 5 heteroatoms. The highest BCUT2D eigenvalue weighted by Gasteiger charge is 2.30. The van der Waals surface area contributed by atoms with Crippen molar-refractivity contribution < 1.29 is 9.53 Å². The number of hydrogen-bond acceptors (Lipinski definition) is 4. The number of nitrogens with two attached hydrogens (primary N) is 1. The van der Waals surface area contributed by atoms with E-state index >= 15 is 0 Å². The SMILES string of the molecule is CC(C)C(CN)CNC1CCCC1NC(=O)OC(C)(C)C. The molecule has 0 spiro atoms. The van der Waals surface area contributed by atoms with Crippen molar-refractivity contribution in [2.24, 2.45) is 17.6 Å². The normalized spacial score (nSPS) is 24.1. The highest BCUT2D eigenvalue weighted by atomic mass is 16.6. The number of carbonyl (C=O) groups excluding carboxylic acids is 1. The number of hydrogen-bond donors (Lipinski definition) is 3. The summed E-state index contributed by atoms with van der Waals surface area (Å²) in [5.74, 6) is 1.05. The van der Waals surface area contributed by atoms with Crippen molar-refractivity contribution in [3.8, 4) is 0 Å². The standard InChI is InChI=1S/C16H33N3O2/c1-11(2)12(9-17)10-18-13-7-6-8-14(13)19-15(20)21-16(3,4)5/h11-14,18H,6-10,17H2,1-5H3,(H,19,20). The zero-order valence-corrected chi connectivity index (χ0v) is 14.2. The van der Waals surface area contributed by atoms with Gasteiger partial charge in [0.1, 0.15) is 5.60 Å². The molecule has 0 saturated heterocycles. The fourth-order valence-corrected chi connectivity index (χ4v) is 2.73. The van der Waals surface area contributed by atoms with Crippen molar-refractivity contribution in [1.82, 2.24) is 10.6 Å². The molecule has 0 radical (unpaired) electrons. The van der Waals surface area contributed by atoms with E-state index < -0.39 is 5.60 Å². The summed E-state index contributed by atoms with van der Waals surface area (Å²) in [5, 5.41) is 6.58. The summed E-state index contributed by atoms with van der Waals surface area (Å²) in [5.41, 5.74) is 5.36. The van der Waals surface area contributed by atoms with Crippen molar-refractivity contribution in [3.05, 3.63) is 0 Å². The minimum absolute atomic E-state index is 0.158. The molecule has 1 rings (SSSR count). The Kier molecular flexibility index (Phi) is 6.94. The second-order valence-electron chi connectivity index (χ2n) is 7.44. The van der Waals surface area contributed by atoms with E-state index in [1.165, 1.54) is 0 Å². The number of amides is 1. The van der Waals surface area contributed by atoms with Gasteiger partial charge in [-0.25, -0.2) is 4.79 Å². The average Bonchev–Trinajstić information content (AvgIpc) is 2.74. The molecule has 0 aliphatic heterocycles. The van der Waals surface area contributed by atoms with Crippen LogP contribution in [0, 0.1) is 11.8 Å². The predicted octanol–water partition coefficient (Wildman–Crippen LogP) is 2.25. The van der Waals surface area contributed by atoms with Crippen molar-refractivity contribution in [2.75, 3.05) is 13.1 Å². The van der Waals surface area contributed by atoms with Crippen LogP contribution in [0.25, 0.3) is 0 Å². The maximum atomic E-state index is 11.9. The highest BCUT2D eigenvalue weighted by molar-refractivity contribution is 5.68. The van der Waals surface area contributed by atoms with E-state index in [4.69, 9.17) is 10.5 Å². The molecule has 0 bridgehead atoms. The zero-order chi connectivity index (χ0) is 16.0. The Morgan fingerprint density at radius 2 is 1.90 bits per heavy atom. The van der Waals surface area contributed by atoms with E-state index in [9.17, 15) is 4.79 Å². The Balaban J connectivity index is 2.43. The van der Waals surface area contributed by atoms with Crippen LogP contribution in [0.15, 0.2) is 0 Å². The van der Waals surface area contributed by atoms with Gasteiger partial charge in [-0.3, -0.25) is 0 Å². The molecule has 0 heterocycles. The molecule has 5 nitrogen and oxygen atoms in total. The van der Waals surface area contributed by atoms with Gasteiger partial charge in [-0.1, -0.05) is 13.8 Å². The molecule has 1 aliphatic carbocycles. The zero-order valence-electron chi connectivity index (χ0n) is 14.2. The first kappa shape index (κ1) is 18.2. The summed E-state index contributed by atoms with van der Waals surface area (Å²) in [4.78, 5) is 11.9. The first-order valence-electron chi connectivity index (χ1n) is 8.16. The fourth-order valence-electron chi connectivity index (χ4n) is 2.73. The van der Waals surface area contributed by atoms with Gasteiger partial charge < -0.3 is 21.1 Å². The molecule has 3 unspecified atom stereocenters. The Labute approximate surface area is 129 Å². The summed E-state index contributed by atoms with van der Waals surface area (Å²) in [7, 11) is 0. The number of rotatable bonds is 6. The second-order valence-corrected chi connectivity index (χ2v) is 7.44. The topological polar surface area (TPSA) is 76.4 Å². The fraction of sp³-hybridized carbons (Fsp3) is 0.938. The summed E-state index contributed by atoms with van der Waals surface area (Å²) in [6, 6.07) is 0.482. The van der Waals surface area contributed by atoms with Crippen molar-refractivity contribution in [3.63, 3.8) is 0 Å². The Morgan fingerprint density at radius 1 is 1.29 bits per heavy atom. The molecule has 21 heavy (non-hydrogen) atoms. The second kappa shape index (κ2) is 7.99. The lowest BCUT2D eigenvalue weighted by Crippen LogP contribution is -2.49. The van der Waals surface area contributed by atoms with Gasteiger partial charge in [0.2, 0.25) is 0 Å². The number of carbonyl (C=O) groups is 1. The lowest BCUT2D eigenvalue weighted by atomic mass is 9.95. The van der Waals surface area contributed by atoms with Crippen molar-refractivity contribution in [1.29, 1.82) is 0 Å². The first-order chi connectivity index (χ1) is 9.73. The largest absolute Gasteiger partial charge is 0.444 e. The number of nitrogens with one attached hydrogen (secondary N) is 2. The van der Waals surface area contributed by atoms with E-state index in [1.54, 1.807) is 0 Å². The maximum Gasteiger partial charge on any atom is 0.407 e. The third kappa shape index (κ3) is 6.66. The molecule has 1 aliphatic rings. The Morgan fingerprint density at radius 3 is 2.43 bits per heavy atom. The van der Waals surface area contributed by atoms with E-state index in [1.807, 2.05) is 20.8 Å². The van der Waals surface area contributed by atoms with E-state index in [0.717, 1.165) is 25.8 Å². The van der Waals surface area contributed by atoms with Gasteiger partial charge in [0.05, 0.1) is 0 Å². The molecule has 4 N–H and O–H groups in total. The summed E-state index contributed by atoms with van der Waals surface area (Å²) in [6.07, 6.45) is 2.91. The van der Waals surface area contributed by atoms with Gasteiger partial charge >= 0.3 is 6.09 Å². The Bertz CT molecular complexity index is 326.